The van der Waals surface area contributed by atoms with Crippen LogP contribution in [0.5, 0.6) is 0 Å². The number of allylic oxidation sites excluding steroid dienone is 2. The van der Waals surface area contributed by atoms with Crippen LogP contribution in [-0.2, 0) is 6.54 Å². The van der Waals surface area contributed by atoms with Gasteiger partial charge in [-0.25, -0.2) is 0 Å². The molecule has 2 nitrogen and oxygen atoms in total. The molecule has 0 spiro atoms. The molecule has 4 rings (SSSR count). The van der Waals surface area contributed by atoms with E-state index < -0.39 is 0 Å². The molecule has 3 atom stereocenters. The maximum absolute atomic E-state index is 6.28. The quantitative estimate of drug-likeness (QED) is 0.782. The van der Waals surface area contributed by atoms with Gasteiger partial charge in [-0.2, -0.15) is 0 Å². The second kappa shape index (κ2) is 6.35. The average molecular weight is 317 g/mol. The highest BCUT2D eigenvalue weighted by Gasteiger charge is 2.36. The summed E-state index contributed by atoms with van der Waals surface area (Å²) in [5.74, 6) is 2.70. The van der Waals surface area contributed by atoms with Gasteiger partial charge in [-0.1, -0.05) is 42.0 Å². The number of nitrogens with zero attached hydrogens (tertiary/aromatic N) is 2. The molecule has 0 radical (unpaired) electrons. The molecule has 1 aromatic rings. The van der Waals surface area contributed by atoms with E-state index in [0.717, 1.165) is 29.3 Å². The van der Waals surface area contributed by atoms with E-state index in [9.17, 15) is 0 Å². The lowest BCUT2D eigenvalue weighted by molar-refractivity contribution is 0.108. The van der Waals surface area contributed by atoms with Gasteiger partial charge in [0.15, 0.2) is 0 Å². The van der Waals surface area contributed by atoms with Crippen LogP contribution in [0.15, 0.2) is 36.4 Å². The van der Waals surface area contributed by atoms with Gasteiger partial charge >= 0.3 is 0 Å². The largest absolute Gasteiger partial charge is 0.300 e. The Hall–Kier alpha value is -0.830. The van der Waals surface area contributed by atoms with Crippen LogP contribution in [0.2, 0.25) is 5.02 Å². The lowest BCUT2D eigenvalue weighted by atomic mass is 9.93. The first-order chi connectivity index (χ1) is 10.8. The molecule has 1 heterocycles. The molecule has 0 amide bonds. The molecule has 0 N–H and O–H groups in total. The first-order valence-electron chi connectivity index (χ1n) is 8.64. The van der Waals surface area contributed by atoms with Crippen LogP contribution in [0.25, 0.3) is 0 Å². The number of benzene rings is 1. The first kappa shape index (κ1) is 14.7. The van der Waals surface area contributed by atoms with Gasteiger partial charge < -0.3 is 4.90 Å². The molecular weight excluding hydrogens is 292 g/mol. The number of fused-ring (bicyclic) bond motifs is 2. The number of hydrogen-bond donors (Lipinski definition) is 0. The van der Waals surface area contributed by atoms with Gasteiger partial charge in [-0.05, 0) is 42.2 Å². The Balaban J connectivity index is 1.26. The Morgan fingerprint density at radius 2 is 1.73 bits per heavy atom. The predicted octanol–water partition coefficient (Wildman–Crippen LogP) is 3.67. The van der Waals surface area contributed by atoms with Crippen molar-refractivity contribution in [2.24, 2.45) is 17.8 Å². The smallest absolute Gasteiger partial charge is 0.0451 e. The molecule has 2 aliphatic carbocycles. The average Bonchev–Trinajstić information content (AvgIpc) is 3.14. The highest BCUT2D eigenvalue weighted by Crippen LogP contribution is 2.43. The fourth-order valence-corrected chi connectivity index (χ4v) is 4.63. The summed E-state index contributed by atoms with van der Waals surface area (Å²) in [7, 11) is 0. The van der Waals surface area contributed by atoms with Crippen molar-refractivity contribution in [3.63, 3.8) is 0 Å². The van der Waals surface area contributed by atoms with E-state index in [1.54, 1.807) is 0 Å². The standard InChI is InChI=1S/C19H25ClN2/c20-19-4-2-1-3-17(19)13-21-7-9-22(10-8-21)14-18-12-15-5-6-16(18)11-15/h1-6,15-16,18H,7-14H2/t15-,16+,18+/m0/s1. The summed E-state index contributed by atoms with van der Waals surface area (Å²) < 4.78 is 0. The molecule has 1 aromatic carbocycles. The van der Waals surface area contributed by atoms with Gasteiger partial charge in [-0.15, -0.1) is 0 Å². The molecule has 118 valence electrons. The van der Waals surface area contributed by atoms with E-state index in [1.807, 2.05) is 12.1 Å². The molecule has 22 heavy (non-hydrogen) atoms. The summed E-state index contributed by atoms with van der Waals surface area (Å²) in [6, 6.07) is 8.24. The molecule has 3 heteroatoms. The molecule has 3 aliphatic rings. The summed E-state index contributed by atoms with van der Waals surface area (Å²) in [4.78, 5) is 5.22. The highest BCUT2D eigenvalue weighted by molar-refractivity contribution is 6.31. The zero-order valence-corrected chi connectivity index (χ0v) is 13.9. The van der Waals surface area contributed by atoms with E-state index in [1.165, 1.54) is 51.1 Å². The predicted molar refractivity (Wildman–Crippen MR) is 92.0 cm³/mol. The molecule has 0 aromatic heterocycles. The van der Waals surface area contributed by atoms with Crippen molar-refractivity contribution >= 4 is 11.6 Å². The summed E-state index contributed by atoms with van der Waals surface area (Å²) in [5, 5.41) is 0.902. The Labute approximate surface area is 138 Å². The zero-order chi connectivity index (χ0) is 14.9. The molecule has 1 aliphatic heterocycles. The highest BCUT2D eigenvalue weighted by atomic mass is 35.5. The van der Waals surface area contributed by atoms with Crippen LogP contribution in [0, 0.1) is 17.8 Å². The van der Waals surface area contributed by atoms with Crippen molar-refractivity contribution in [1.29, 1.82) is 0 Å². The van der Waals surface area contributed by atoms with Crippen molar-refractivity contribution in [3.8, 4) is 0 Å². The maximum atomic E-state index is 6.28. The van der Waals surface area contributed by atoms with Crippen molar-refractivity contribution in [2.75, 3.05) is 32.7 Å². The van der Waals surface area contributed by atoms with E-state index in [0.29, 0.717) is 0 Å². The van der Waals surface area contributed by atoms with Crippen molar-refractivity contribution in [3.05, 3.63) is 47.0 Å². The Morgan fingerprint density at radius 3 is 2.41 bits per heavy atom. The minimum atomic E-state index is 0.881. The van der Waals surface area contributed by atoms with E-state index in [4.69, 9.17) is 11.6 Å². The summed E-state index contributed by atoms with van der Waals surface area (Å²) in [6.07, 6.45) is 7.79. The fraction of sp³-hybridized carbons (Fsp3) is 0.579. The normalized spacial score (nSPS) is 32.0. The lowest BCUT2D eigenvalue weighted by Gasteiger charge is -2.37. The second-order valence-corrected chi connectivity index (χ2v) is 7.62. The second-order valence-electron chi connectivity index (χ2n) is 7.21. The third-order valence-corrected chi connectivity index (χ3v) is 6.09. The van der Waals surface area contributed by atoms with E-state index in [2.05, 4.69) is 34.1 Å². The van der Waals surface area contributed by atoms with Crippen molar-refractivity contribution in [2.45, 2.75) is 19.4 Å². The summed E-state index contributed by atoms with van der Waals surface area (Å²) >= 11 is 6.28. The Kier molecular flexibility index (Phi) is 4.25. The van der Waals surface area contributed by atoms with Gasteiger partial charge in [0.1, 0.15) is 0 Å². The molecule has 1 saturated carbocycles. The van der Waals surface area contributed by atoms with Crippen LogP contribution in [0.3, 0.4) is 0 Å². The SMILES string of the molecule is Clc1ccccc1CN1CCN(C[C@H]2C[C@H]3C=C[C@@H]2C3)CC1. The maximum Gasteiger partial charge on any atom is 0.0451 e. The molecule has 0 unspecified atom stereocenters. The molecule has 1 saturated heterocycles. The minimum absolute atomic E-state index is 0.881. The van der Waals surface area contributed by atoms with Gasteiger partial charge in [0, 0.05) is 44.3 Å². The van der Waals surface area contributed by atoms with Crippen LogP contribution < -0.4 is 0 Å². The summed E-state index contributed by atoms with van der Waals surface area (Å²) in [6.45, 7) is 7.06. The third kappa shape index (κ3) is 3.10. The van der Waals surface area contributed by atoms with Gasteiger partial charge in [0.25, 0.3) is 0 Å². The Bertz CT molecular complexity index is 548. The zero-order valence-electron chi connectivity index (χ0n) is 13.1. The van der Waals surface area contributed by atoms with Crippen LogP contribution in [0.1, 0.15) is 18.4 Å². The molecule has 2 fully saturated rings. The molecular formula is C19H25ClN2. The van der Waals surface area contributed by atoms with Gasteiger partial charge in [0.2, 0.25) is 0 Å². The van der Waals surface area contributed by atoms with Crippen LogP contribution in [-0.4, -0.2) is 42.5 Å². The first-order valence-corrected chi connectivity index (χ1v) is 9.02. The van der Waals surface area contributed by atoms with Crippen LogP contribution >= 0.6 is 11.6 Å². The van der Waals surface area contributed by atoms with Crippen molar-refractivity contribution in [1.82, 2.24) is 9.80 Å². The van der Waals surface area contributed by atoms with Crippen LogP contribution in [0.4, 0.5) is 0 Å². The Morgan fingerprint density at radius 1 is 0.955 bits per heavy atom. The van der Waals surface area contributed by atoms with E-state index >= 15 is 0 Å². The molecule has 2 bridgehead atoms. The third-order valence-electron chi connectivity index (χ3n) is 5.73. The van der Waals surface area contributed by atoms with Gasteiger partial charge in [0.05, 0.1) is 0 Å². The minimum Gasteiger partial charge on any atom is -0.300 e. The lowest BCUT2D eigenvalue weighted by Crippen LogP contribution is -2.47. The fourth-order valence-electron chi connectivity index (χ4n) is 4.43. The summed E-state index contributed by atoms with van der Waals surface area (Å²) in [5.41, 5.74) is 1.26. The van der Waals surface area contributed by atoms with E-state index in [-0.39, 0.29) is 0 Å². The topological polar surface area (TPSA) is 6.48 Å². The monoisotopic (exact) mass is 316 g/mol. The number of halogens is 1. The van der Waals surface area contributed by atoms with Gasteiger partial charge in [-0.3, -0.25) is 4.90 Å². The number of piperazine rings is 1. The number of rotatable bonds is 4. The number of hydrogen-bond acceptors (Lipinski definition) is 2. The van der Waals surface area contributed by atoms with Crippen molar-refractivity contribution < 1.29 is 0 Å².